The molecule has 5 nitrogen and oxygen atoms in total. The highest BCUT2D eigenvalue weighted by Gasteiger charge is 2.24. The van der Waals surface area contributed by atoms with Gasteiger partial charge in [0.2, 0.25) is 0 Å². The van der Waals surface area contributed by atoms with Gasteiger partial charge in [-0.2, -0.15) is 11.8 Å². The van der Waals surface area contributed by atoms with Gasteiger partial charge in [-0.3, -0.25) is 0 Å². The summed E-state index contributed by atoms with van der Waals surface area (Å²) in [4.78, 5) is 16.1. The number of amides is 2. The zero-order valence-electron chi connectivity index (χ0n) is 13.2. The zero-order chi connectivity index (χ0) is 16.1. The zero-order valence-corrected chi connectivity index (χ0v) is 14.1. The molecule has 0 saturated heterocycles. The monoisotopic (exact) mass is 330 g/mol. The maximum absolute atomic E-state index is 12.0. The third-order valence-electron chi connectivity index (χ3n) is 4.22. The Kier molecular flexibility index (Phi) is 5.23. The Morgan fingerprint density at radius 2 is 2.35 bits per heavy atom. The molecule has 1 aromatic heterocycles. The van der Waals surface area contributed by atoms with Crippen LogP contribution in [0.1, 0.15) is 24.8 Å². The Morgan fingerprint density at radius 3 is 3.09 bits per heavy atom. The standard InChI is InChI=1S/C17H22N4OS/c1-23-16-6-5-14(10-16)20-17(22)19-11-13-3-2-4-15(9-13)21-8-7-18-12-21/h2-4,7-9,12,14,16H,5-6,10-11H2,1H3,(H2,19,20,22)/t14-,16-/m0/s1. The summed E-state index contributed by atoms with van der Waals surface area (Å²) in [6.45, 7) is 0.521. The Labute approximate surface area is 140 Å². The molecular weight excluding hydrogens is 308 g/mol. The summed E-state index contributed by atoms with van der Waals surface area (Å²) in [5.74, 6) is 0. The minimum Gasteiger partial charge on any atom is -0.335 e. The first-order valence-corrected chi connectivity index (χ1v) is 9.18. The Hall–Kier alpha value is -1.95. The maximum atomic E-state index is 12.0. The van der Waals surface area contributed by atoms with Crippen LogP contribution < -0.4 is 10.6 Å². The van der Waals surface area contributed by atoms with Crippen molar-refractivity contribution in [2.75, 3.05) is 6.26 Å². The smallest absolute Gasteiger partial charge is 0.315 e. The topological polar surface area (TPSA) is 59.0 Å². The van der Waals surface area contributed by atoms with Gasteiger partial charge in [0.15, 0.2) is 0 Å². The molecule has 0 radical (unpaired) electrons. The fraction of sp³-hybridized carbons (Fsp3) is 0.412. The second-order valence-electron chi connectivity index (χ2n) is 5.83. The van der Waals surface area contributed by atoms with Crippen molar-refractivity contribution in [2.24, 2.45) is 0 Å². The summed E-state index contributed by atoms with van der Waals surface area (Å²) in [7, 11) is 0. The van der Waals surface area contributed by atoms with Crippen molar-refractivity contribution in [3.8, 4) is 5.69 Å². The van der Waals surface area contributed by atoms with Gasteiger partial charge in [-0.1, -0.05) is 12.1 Å². The van der Waals surface area contributed by atoms with Crippen molar-refractivity contribution in [1.82, 2.24) is 20.2 Å². The molecule has 6 heteroatoms. The third kappa shape index (κ3) is 4.28. The number of aromatic nitrogens is 2. The van der Waals surface area contributed by atoms with Crippen LogP contribution in [0.4, 0.5) is 4.79 Å². The molecule has 2 N–H and O–H groups in total. The maximum Gasteiger partial charge on any atom is 0.315 e. The lowest BCUT2D eigenvalue weighted by molar-refractivity contribution is 0.236. The number of nitrogens with one attached hydrogen (secondary N) is 2. The first-order valence-electron chi connectivity index (χ1n) is 7.89. The molecule has 1 aliphatic rings. The summed E-state index contributed by atoms with van der Waals surface area (Å²) < 4.78 is 1.95. The van der Waals surface area contributed by atoms with Gasteiger partial charge < -0.3 is 15.2 Å². The lowest BCUT2D eigenvalue weighted by Gasteiger charge is -2.14. The second kappa shape index (κ2) is 7.55. The van der Waals surface area contributed by atoms with Crippen molar-refractivity contribution in [2.45, 2.75) is 37.1 Å². The fourth-order valence-electron chi connectivity index (χ4n) is 2.94. The van der Waals surface area contributed by atoms with Crippen molar-refractivity contribution >= 4 is 17.8 Å². The minimum atomic E-state index is -0.0789. The van der Waals surface area contributed by atoms with Gasteiger partial charge in [-0.15, -0.1) is 0 Å². The molecule has 2 aromatic rings. The van der Waals surface area contributed by atoms with Crippen LogP contribution in [0.3, 0.4) is 0 Å². The van der Waals surface area contributed by atoms with E-state index in [1.165, 1.54) is 6.42 Å². The van der Waals surface area contributed by atoms with Crippen LogP contribution in [0.2, 0.25) is 0 Å². The van der Waals surface area contributed by atoms with E-state index < -0.39 is 0 Å². The van der Waals surface area contributed by atoms with Gasteiger partial charge in [0.1, 0.15) is 0 Å². The van der Waals surface area contributed by atoms with E-state index in [1.807, 2.05) is 40.7 Å². The van der Waals surface area contributed by atoms with Crippen LogP contribution in [-0.2, 0) is 6.54 Å². The van der Waals surface area contributed by atoms with E-state index in [0.29, 0.717) is 17.8 Å². The van der Waals surface area contributed by atoms with Crippen molar-refractivity contribution in [3.05, 3.63) is 48.5 Å². The van der Waals surface area contributed by atoms with Crippen molar-refractivity contribution < 1.29 is 4.79 Å². The van der Waals surface area contributed by atoms with E-state index in [-0.39, 0.29) is 6.03 Å². The first-order chi connectivity index (χ1) is 11.2. The minimum absolute atomic E-state index is 0.0789. The highest BCUT2D eigenvalue weighted by Crippen LogP contribution is 2.27. The van der Waals surface area contributed by atoms with Crippen LogP contribution in [0.25, 0.3) is 5.69 Å². The first kappa shape index (κ1) is 15.9. The number of imidazole rings is 1. The fourth-order valence-corrected chi connectivity index (χ4v) is 3.74. The number of urea groups is 1. The predicted octanol–water partition coefficient (Wildman–Crippen LogP) is 2.96. The number of carbonyl (C=O) groups is 1. The quantitative estimate of drug-likeness (QED) is 0.886. The highest BCUT2D eigenvalue weighted by atomic mass is 32.2. The van der Waals surface area contributed by atoms with Gasteiger partial charge in [-0.25, -0.2) is 9.78 Å². The molecule has 3 rings (SSSR count). The molecule has 1 aromatic carbocycles. The molecular formula is C17H22N4OS. The summed E-state index contributed by atoms with van der Waals surface area (Å²) >= 11 is 1.89. The van der Waals surface area contributed by atoms with Gasteiger partial charge in [0.05, 0.1) is 6.33 Å². The van der Waals surface area contributed by atoms with E-state index in [2.05, 4.69) is 27.9 Å². The average Bonchev–Trinajstić information content (AvgIpc) is 3.25. The number of hydrogen-bond donors (Lipinski definition) is 2. The Balaban J connectivity index is 1.50. The van der Waals surface area contributed by atoms with Gasteiger partial charge in [0.25, 0.3) is 0 Å². The summed E-state index contributed by atoms with van der Waals surface area (Å²) in [5.41, 5.74) is 2.11. The molecule has 1 heterocycles. The summed E-state index contributed by atoms with van der Waals surface area (Å²) in [5, 5.41) is 6.71. The van der Waals surface area contributed by atoms with E-state index in [4.69, 9.17) is 0 Å². The van der Waals surface area contributed by atoms with Gasteiger partial charge >= 0.3 is 6.03 Å². The molecule has 1 fully saturated rings. The number of hydrogen-bond acceptors (Lipinski definition) is 3. The highest BCUT2D eigenvalue weighted by molar-refractivity contribution is 7.99. The molecule has 1 aliphatic carbocycles. The number of rotatable bonds is 5. The number of thioether (sulfide) groups is 1. The molecule has 2 atom stereocenters. The lowest BCUT2D eigenvalue weighted by Crippen LogP contribution is -2.40. The SMILES string of the molecule is CS[C@H]1CC[C@H](NC(=O)NCc2cccc(-n3ccnc3)c2)C1. The number of carbonyl (C=O) groups excluding carboxylic acids is 1. The van der Waals surface area contributed by atoms with Crippen LogP contribution >= 0.6 is 11.8 Å². The van der Waals surface area contributed by atoms with E-state index >= 15 is 0 Å². The normalized spacial score (nSPS) is 20.4. The van der Waals surface area contributed by atoms with Crippen molar-refractivity contribution in [3.63, 3.8) is 0 Å². The predicted molar refractivity (Wildman–Crippen MR) is 93.9 cm³/mol. The number of nitrogens with zero attached hydrogens (tertiary/aromatic N) is 2. The molecule has 122 valence electrons. The van der Waals surface area contributed by atoms with Crippen LogP contribution in [-0.4, -0.2) is 33.1 Å². The van der Waals surface area contributed by atoms with Crippen LogP contribution in [0.15, 0.2) is 43.0 Å². The Bertz CT molecular complexity index is 644. The third-order valence-corrected chi connectivity index (χ3v) is 5.31. The molecule has 0 spiro atoms. The number of benzene rings is 1. The second-order valence-corrected chi connectivity index (χ2v) is 6.97. The lowest BCUT2D eigenvalue weighted by atomic mass is 10.2. The summed E-state index contributed by atoms with van der Waals surface area (Å²) in [6.07, 6.45) is 10.9. The summed E-state index contributed by atoms with van der Waals surface area (Å²) in [6, 6.07) is 8.31. The van der Waals surface area contributed by atoms with Crippen LogP contribution in [0, 0.1) is 0 Å². The molecule has 0 unspecified atom stereocenters. The molecule has 0 aliphatic heterocycles. The molecule has 23 heavy (non-hydrogen) atoms. The molecule has 2 amide bonds. The Morgan fingerprint density at radius 1 is 1.43 bits per heavy atom. The average molecular weight is 330 g/mol. The molecule has 1 saturated carbocycles. The van der Waals surface area contributed by atoms with Gasteiger partial charge in [0, 0.05) is 35.9 Å². The molecule has 0 bridgehead atoms. The largest absolute Gasteiger partial charge is 0.335 e. The van der Waals surface area contributed by atoms with Crippen molar-refractivity contribution in [1.29, 1.82) is 0 Å². The van der Waals surface area contributed by atoms with Crippen LogP contribution in [0.5, 0.6) is 0 Å². The van der Waals surface area contributed by atoms with E-state index in [1.54, 1.807) is 12.5 Å². The van der Waals surface area contributed by atoms with E-state index in [0.717, 1.165) is 24.1 Å². The van der Waals surface area contributed by atoms with Gasteiger partial charge in [-0.05, 0) is 43.2 Å². The van der Waals surface area contributed by atoms with E-state index in [9.17, 15) is 4.79 Å².